The highest BCUT2D eigenvalue weighted by molar-refractivity contribution is 6.32. The number of ether oxygens (including phenoxy) is 1. The molecule has 0 radical (unpaired) electrons. The van der Waals surface area contributed by atoms with Gasteiger partial charge in [-0.2, -0.15) is 0 Å². The highest BCUT2D eigenvalue weighted by atomic mass is 35.5. The summed E-state index contributed by atoms with van der Waals surface area (Å²) >= 11 is 12.8. The Morgan fingerprint density at radius 2 is 1.89 bits per heavy atom. The van der Waals surface area contributed by atoms with Gasteiger partial charge in [0, 0.05) is 22.7 Å². The summed E-state index contributed by atoms with van der Waals surface area (Å²) in [5.41, 5.74) is 6.08. The number of hydrogen-bond donors (Lipinski definition) is 1. The fourth-order valence-corrected chi connectivity index (χ4v) is 5.01. The van der Waals surface area contributed by atoms with Crippen molar-refractivity contribution in [2.75, 3.05) is 0 Å². The van der Waals surface area contributed by atoms with Gasteiger partial charge >= 0.3 is 5.97 Å². The third-order valence-corrected chi connectivity index (χ3v) is 6.58. The largest absolute Gasteiger partial charge is 0.478 e. The Morgan fingerprint density at radius 1 is 1.11 bits per heavy atom. The van der Waals surface area contributed by atoms with Gasteiger partial charge in [-0.1, -0.05) is 61.7 Å². The number of carbonyl (C=O) groups is 1. The third kappa shape index (κ3) is 5.35. The standard InChI is InChI=1S/C28H29Cl2N3O3/c1-5-8-19-12-18(15-33-23(6-2)32-24-16(3)11-17(4)31-27(24)33)13-22(30)25(19)36-26(28(34)35)20-9-7-10-21(29)14-20/h7,9-14,26H,5-6,8,15H2,1-4H3,(H,34,35). The summed E-state index contributed by atoms with van der Waals surface area (Å²) in [7, 11) is 0. The zero-order chi connectivity index (χ0) is 26.0. The summed E-state index contributed by atoms with van der Waals surface area (Å²) in [6.45, 7) is 8.71. The van der Waals surface area contributed by atoms with E-state index in [4.69, 9.17) is 37.9 Å². The van der Waals surface area contributed by atoms with Crippen molar-refractivity contribution in [3.63, 3.8) is 0 Å². The Hall–Kier alpha value is -3.09. The summed E-state index contributed by atoms with van der Waals surface area (Å²) in [6, 6.07) is 12.6. The maximum atomic E-state index is 12.1. The quantitative estimate of drug-likeness (QED) is 0.251. The zero-order valence-corrected chi connectivity index (χ0v) is 22.3. The Balaban J connectivity index is 1.75. The summed E-state index contributed by atoms with van der Waals surface area (Å²) in [6.07, 6.45) is 1.07. The van der Waals surface area contributed by atoms with Crippen LogP contribution in [-0.4, -0.2) is 25.6 Å². The van der Waals surface area contributed by atoms with Gasteiger partial charge < -0.3 is 14.4 Å². The highest BCUT2D eigenvalue weighted by Gasteiger charge is 2.25. The SMILES string of the molecule is CCCc1cc(Cn2c(CC)nc3c(C)cc(C)nc32)cc(Cl)c1OC(C(=O)O)c1cccc(Cl)c1. The molecule has 4 rings (SSSR count). The molecule has 0 spiro atoms. The lowest BCUT2D eigenvalue weighted by atomic mass is 10.0. The van der Waals surface area contributed by atoms with Crippen molar-refractivity contribution in [1.82, 2.24) is 14.5 Å². The van der Waals surface area contributed by atoms with Crippen LogP contribution in [0.1, 0.15) is 60.1 Å². The van der Waals surface area contributed by atoms with Crippen LogP contribution in [0.5, 0.6) is 5.75 Å². The molecule has 0 aliphatic rings. The number of pyridine rings is 1. The Labute approximate surface area is 220 Å². The van der Waals surface area contributed by atoms with Crippen LogP contribution in [0.15, 0.2) is 42.5 Å². The van der Waals surface area contributed by atoms with Crippen LogP contribution in [0.4, 0.5) is 0 Å². The first-order valence-electron chi connectivity index (χ1n) is 12.0. The second-order valence-electron chi connectivity index (χ2n) is 8.93. The molecule has 1 unspecified atom stereocenters. The monoisotopic (exact) mass is 525 g/mol. The van der Waals surface area contributed by atoms with Gasteiger partial charge in [0.25, 0.3) is 0 Å². The maximum Gasteiger partial charge on any atom is 0.349 e. The fourth-order valence-electron chi connectivity index (χ4n) is 4.51. The molecular weight excluding hydrogens is 497 g/mol. The summed E-state index contributed by atoms with van der Waals surface area (Å²) in [4.78, 5) is 21.7. The summed E-state index contributed by atoms with van der Waals surface area (Å²) in [5.74, 6) is 0.214. The number of hydrogen-bond acceptors (Lipinski definition) is 4. The van der Waals surface area contributed by atoms with E-state index in [1.807, 2.05) is 25.1 Å². The molecule has 36 heavy (non-hydrogen) atoms. The molecule has 4 aromatic rings. The van der Waals surface area contributed by atoms with E-state index in [0.717, 1.165) is 52.2 Å². The lowest BCUT2D eigenvalue weighted by Crippen LogP contribution is -2.19. The van der Waals surface area contributed by atoms with Crippen LogP contribution in [0.25, 0.3) is 11.2 Å². The molecule has 0 fully saturated rings. The Bertz CT molecular complexity index is 1430. The molecule has 1 N–H and O–H groups in total. The van der Waals surface area contributed by atoms with E-state index < -0.39 is 12.1 Å². The average Bonchev–Trinajstić information content (AvgIpc) is 3.16. The minimum Gasteiger partial charge on any atom is -0.478 e. The van der Waals surface area contributed by atoms with E-state index >= 15 is 0 Å². The van der Waals surface area contributed by atoms with E-state index in [1.54, 1.807) is 24.3 Å². The predicted octanol–water partition coefficient (Wildman–Crippen LogP) is 7.12. The summed E-state index contributed by atoms with van der Waals surface area (Å²) in [5, 5.41) is 10.7. The number of aliphatic carboxylic acids is 1. The molecule has 6 nitrogen and oxygen atoms in total. The van der Waals surface area contributed by atoms with Crippen molar-refractivity contribution in [3.05, 3.63) is 86.3 Å². The highest BCUT2D eigenvalue weighted by Crippen LogP contribution is 2.36. The predicted molar refractivity (Wildman–Crippen MR) is 143 cm³/mol. The smallest absolute Gasteiger partial charge is 0.349 e. The van der Waals surface area contributed by atoms with Gasteiger partial charge in [0.2, 0.25) is 6.10 Å². The third-order valence-electron chi connectivity index (χ3n) is 6.07. The van der Waals surface area contributed by atoms with Gasteiger partial charge in [-0.3, -0.25) is 0 Å². The number of benzene rings is 2. The average molecular weight is 526 g/mol. The van der Waals surface area contributed by atoms with Crippen LogP contribution in [0, 0.1) is 13.8 Å². The normalized spacial score (nSPS) is 12.2. The lowest BCUT2D eigenvalue weighted by Gasteiger charge is -2.20. The minimum atomic E-state index is -1.23. The molecule has 0 bridgehead atoms. The van der Waals surface area contributed by atoms with Gasteiger partial charge in [0.1, 0.15) is 17.1 Å². The van der Waals surface area contributed by atoms with Crippen molar-refractivity contribution in [1.29, 1.82) is 0 Å². The van der Waals surface area contributed by atoms with Gasteiger partial charge in [0.15, 0.2) is 5.65 Å². The van der Waals surface area contributed by atoms with E-state index in [2.05, 4.69) is 25.3 Å². The molecular formula is C28H29Cl2N3O3. The molecule has 0 saturated carbocycles. The number of fused-ring (bicyclic) bond motifs is 1. The van der Waals surface area contributed by atoms with Crippen molar-refractivity contribution < 1.29 is 14.6 Å². The molecule has 0 saturated heterocycles. The minimum absolute atomic E-state index is 0.368. The Kier molecular flexibility index (Phi) is 7.86. The number of imidazole rings is 1. The van der Waals surface area contributed by atoms with E-state index in [-0.39, 0.29) is 0 Å². The number of nitrogens with zero attached hydrogens (tertiary/aromatic N) is 3. The first-order valence-corrected chi connectivity index (χ1v) is 12.8. The summed E-state index contributed by atoms with van der Waals surface area (Å²) < 4.78 is 8.17. The van der Waals surface area contributed by atoms with Crippen molar-refractivity contribution in [2.45, 2.75) is 59.6 Å². The van der Waals surface area contributed by atoms with Crippen LogP contribution >= 0.6 is 23.2 Å². The van der Waals surface area contributed by atoms with E-state index in [1.165, 1.54) is 0 Å². The number of carboxylic acids is 1. The number of rotatable bonds is 9. The molecule has 188 valence electrons. The molecule has 0 aliphatic heterocycles. The fraction of sp³-hybridized carbons (Fsp3) is 0.321. The van der Waals surface area contributed by atoms with E-state index in [9.17, 15) is 9.90 Å². The van der Waals surface area contributed by atoms with Crippen LogP contribution in [0.3, 0.4) is 0 Å². The number of halogens is 2. The molecule has 2 aromatic carbocycles. The second-order valence-corrected chi connectivity index (χ2v) is 9.77. The molecule has 2 aromatic heterocycles. The second kappa shape index (κ2) is 10.9. The van der Waals surface area contributed by atoms with Crippen LogP contribution < -0.4 is 4.74 Å². The lowest BCUT2D eigenvalue weighted by molar-refractivity contribution is -0.145. The van der Waals surface area contributed by atoms with Gasteiger partial charge in [0.05, 0.1) is 11.6 Å². The molecule has 2 heterocycles. The van der Waals surface area contributed by atoms with Gasteiger partial charge in [-0.05, 0) is 61.2 Å². The molecule has 0 amide bonds. The first kappa shape index (κ1) is 26.0. The molecule has 0 aliphatic carbocycles. The molecule has 1 atom stereocenters. The topological polar surface area (TPSA) is 77.2 Å². The van der Waals surface area contributed by atoms with Gasteiger partial charge in [-0.15, -0.1) is 0 Å². The number of carboxylic acid groups (broad SMARTS) is 1. The number of aryl methyl sites for hydroxylation is 4. The number of aromatic nitrogens is 3. The van der Waals surface area contributed by atoms with Gasteiger partial charge in [-0.25, -0.2) is 14.8 Å². The molecule has 8 heteroatoms. The van der Waals surface area contributed by atoms with Crippen LogP contribution in [0.2, 0.25) is 10.0 Å². The Morgan fingerprint density at radius 3 is 2.56 bits per heavy atom. The van der Waals surface area contributed by atoms with E-state index in [0.29, 0.717) is 34.3 Å². The van der Waals surface area contributed by atoms with Crippen LogP contribution in [-0.2, 0) is 24.2 Å². The van der Waals surface area contributed by atoms with Crippen molar-refractivity contribution in [3.8, 4) is 5.75 Å². The zero-order valence-electron chi connectivity index (χ0n) is 20.8. The first-order chi connectivity index (χ1) is 17.2. The van der Waals surface area contributed by atoms with Crippen molar-refractivity contribution in [2.24, 2.45) is 0 Å². The van der Waals surface area contributed by atoms with Crippen molar-refractivity contribution >= 4 is 40.3 Å². The maximum absolute atomic E-state index is 12.1.